The van der Waals surface area contributed by atoms with E-state index in [-0.39, 0.29) is 11.2 Å². The summed E-state index contributed by atoms with van der Waals surface area (Å²) in [5.41, 5.74) is 5.33. The Balaban J connectivity index is 0.000000146. The second-order valence-corrected chi connectivity index (χ2v) is 4.60. The van der Waals surface area contributed by atoms with E-state index in [0.717, 1.165) is 25.8 Å². The van der Waals surface area contributed by atoms with Crippen LogP contribution in [0.3, 0.4) is 0 Å². The molecule has 1 aromatic heterocycles. The van der Waals surface area contributed by atoms with Gasteiger partial charge in [-0.25, -0.2) is 0 Å². The van der Waals surface area contributed by atoms with Crippen LogP contribution in [0.15, 0.2) is 17.5 Å². The molecular weight excluding hydrogens is 218 g/mol. The number of thiophene rings is 1. The van der Waals surface area contributed by atoms with E-state index >= 15 is 0 Å². The zero-order valence-electron chi connectivity index (χ0n) is 7.91. The normalized spacial score (nSPS) is 14.4. The van der Waals surface area contributed by atoms with Crippen molar-refractivity contribution in [2.24, 2.45) is 11.7 Å². The van der Waals surface area contributed by atoms with Gasteiger partial charge in [0.1, 0.15) is 0 Å². The fourth-order valence-electron chi connectivity index (χ4n) is 0.907. The third-order valence-electron chi connectivity index (χ3n) is 1.87. The molecule has 0 atom stereocenters. The van der Waals surface area contributed by atoms with Crippen LogP contribution < -0.4 is 5.73 Å². The fraction of sp³-hybridized carbons (Fsp3) is 0.500. The van der Waals surface area contributed by atoms with Crippen LogP contribution in [-0.4, -0.2) is 11.8 Å². The van der Waals surface area contributed by atoms with Crippen molar-refractivity contribution in [3.63, 3.8) is 0 Å². The Labute approximate surface area is 93.1 Å². The number of halogens is 1. The number of rotatable bonds is 3. The van der Waals surface area contributed by atoms with Gasteiger partial charge in [-0.2, -0.15) is 0 Å². The molecule has 14 heavy (non-hydrogen) atoms. The first-order chi connectivity index (χ1) is 6.74. The molecule has 4 heteroatoms. The van der Waals surface area contributed by atoms with E-state index in [2.05, 4.69) is 17.5 Å². The number of hydrogen-bond donors (Lipinski definition) is 1. The molecule has 1 aromatic rings. The summed E-state index contributed by atoms with van der Waals surface area (Å²) in [6.07, 6.45) is 3.06. The molecule has 0 bridgehead atoms. The third kappa shape index (κ3) is 4.74. The smallest absolute Gasteiger partial charge is 0.224 e. The molecule has 2 N–H and O–H groups in total. The first-order valence-electron chi connectivity index (χ1n) is 4.66. The van der Waals surface area contributed by atoms with Crippen LogP contribution in [0, 0.1) is 5.92 Å². The lowest BCUT2D eigenvalue weighted by Crippen LogP contribution is -2.00. The molecule has 0 radical (unpaired) electrons. The van der Waals surface area contributed by atoms with Gasteiger partial charge in [0.25, 0.3) is 0 Å². The summed E-state index contributed by atoms with van der Waals surface area (Å²) in [5.74, 6) is 0.228. The topological polar surface area (TPSA) is 43.1 Å². The quantitative estimate of drug-likeness (QED) is 0.812. The predicted molar refractivity (Wildman–Crippen MR) is 60.7 cm³/mol. The molecule has 0 aromatic carbocycles. The van der Waals surface area contributed by atoms with Gasteiger partial charge in [0.05, 0.1) is 0 Å². The van der Waals surface area contributed by atoms with E-state index < -0.39 is 0 Å². The Morgan fingerprint density at radius 3 is 2.64 bits per heavy atom. The van der Waals surface area contributed by atoms with E-state index in [9.17, 15) is 4.79 Å². The lowest BCUT2D eigenvalue weighted by Gasteiger charge is -1.86. The Morgan fingerprint density at radius 2 is 2.36 bits per heavy atom. The average Bonchev–Trinajstić information content (AvgIpc) is 2.89. The summed E-state index contributed by atoms with van der Waals surface area (Å²) in [7, 11) is 0. The molecule has 0 aliphatic heterocycles. The van der Waals surface area contributed by atoms with E-state index in [1.165, 1.54) is 4.88 Å². The molecule has 0 saturated heterocycles. The molecular formula is C10H14ClNOS. The highest BCUT2D eigenvalue weighted by Gasteiger charge is 2.27. The molecule has 78 valence electrons. The summed E-state index contributed by atoms with van der Waals surface area (Å²) < 4.78 is 0. The molecule has 1 heterocycles. The van der Waals surface area contributed by atoms with Crippen LogP contribution in [0.5, 0.6) is 0 Å². The van der Waals surface area contributed by atoms with Gasteiger partial charge in [0, 0.05) is 10.8 Å². The third-order valence-corrected chi connectivity index (χ3v) is 3.11. The van der Waals surface area contributed by atoms with Crippen LogP contribution in [0.25, 0.3) is 0 Å². The first kappa shape index (κ1) is 11.7. The van der Waals surface area contributed by atoms with Crippen molar-refractivity contribution in [3.05, 3.63) is 22.4 Å². The van der Waals surface area contributed by atoms with Crippen molar-refractivity contribution < 1.29 is 4.79 Å². The summed E-state index contributed by atoms with van der Waals surface area (Å²) >= 11 is 6.80. The SMILES string of the molecule is NCCc1cccs1.O=C(Cl)C1CC1. The van der Waals surface area contributed by atoms with Gasteiger partial charge in [0.15, 0.2) is 0 Å². The predicted octanol–water partition coefficient (Wildman–Crippen LogP) is 2.41. The van der Waals surface area contributed by atoms with Crippen LogP contribution >= 0.6 is 22.9 Å². The fourth-order valence-corrected chi connectivity index (χ4v) is 1.85. The number of nitrogens with two attached hydrogens (primary N) is 1. The minimum absolute atomic E-state index is 0.157. The van der Waals surface area contributed by atoms with Gasteiger partial charge < -0.3 is 5.73 Å². The largest absolute Gasteiger partial charge is 0.330 e. The van der Waals surface area contributed by atoms with Gasteiger partial charge in [-0.3, -0.25) is 4.79 Å². The van der Waals surface area contributed by atoms with Gasteiger partial charge in [0.2, 0.25) is 5.24 Å². The van der Waals surface area contributed by atoms with Gasteiger partial charge in [-0.05, 0) is 48.9 Å². The maximum Gasteiger partial charge on any atom is 0.224 e. The molecule has 1 fully saturated rings. The van der Waals surface area contributed by atoms with E-state index in [1.54, 1.807) is 11.3 Å². The van der Waals surface area contributed by atoms with Crippen LogP contribution in [0.2, 0.25) is 0 Å². The summed E-state index contributed by atoms with van der Waals surface area (Å²) in [5, 5.41) is 1.92. The van der Waals surface area contributed by atoms with E-state index in [4.69, 9.17) is 17.3 Å². The lowest BCUT2D eigenvalue weighted by atomic mass is 10.3. The van der Waals surface area contributed by atoms with E-state index in [0.29, 0.717) is 0 Å². The highest BCUT2D eigenvalue weighted by molar-refractivity contribution is 7.09. The van der Waals surface area contributed by atoms with Crippen molar-refractivity contribution in [3.8, 4) is 0 Å². The van der Waals surface area contributed by atoms with Crippen molar-refractivity contribution >= 4 is 28.2 Å². The Morgan fingerprint density at radius 1 is 1.64 bits per heavy atom. The van der Waals surface area contributed by atoms with Crippen molar-refractivity contribution in [1.29, 1.82) is 0 Å². The average molecular weight is 232 g/mol. The molecule has 1 aliphatic rings. The summed E-state index contributed by atoms with van der Waals surface area (Å²) in [6, 6.07) is 4.16. The summed E-state index contributed by atoms with van der Waals surface area (Å²) in [4.78, 5) is 11.4. The van der Waals surface area contributed by atoms with Crippen molar-refractivity contribution in [1.82, 2.24) is 0 Å². The zero-order valence-corrected chi connectivity index (χ0v) is 9.48. The standard InChI is InChI=1S/C6H9NS.C4H5ClO/c7-4-3-6-2-1-5-8-6;5-4(6)3-1-2-3/h1-2,5H,3-4,7H2;3H,1-2H2. The Hall–Kier alpha value is -0.380. The van der Waals surface area contributed by atoms with Crippen LogP contribution in [-0.2, 0) is 11.2 Å². The lowest BCUT2D eigenvalue weighted by molar-refractivity contribution is -0.112. The van der Waals surface area contributed by atoms with E-state index in [1.807, 2.05) is 0 Å². The number of carbonyl (C=O) groups excluding carboxylic acids is 1. The van der Waals surface area contributed by atoms with Crippen molar-refractivity contribution in [2.75, 3.05) is 6.54 Å². The molecule has 2 rings (SSSR count). The maximum absolute atomic E-state index is 9.97. The molecule has 0 unspecified atom stereocenters. The molecule has 0 amide bonds. The number of hydrogen-bond acceptors (Lipinski definition) is 3. The molecule has 0 spiro atoms. The highest BCUT2D eigenvalue weighted by Crippen LogP contribution is 2.30. The number of carbonyl (C=O) groups is 1. The van der Waals surface area contributed by atoms with Gasteiger partial charge in [-0.1, -0.05) is 6.07 Å². The van der Waals surface area contributed by atoms with Crippen LogP contribution in [0.1, 0.15) is 17.7 Å². The molecule has 1 saturated carbocycles. The minimum atomic E-state index is -0.157. The Bertz CT molecular complexity index is 270. The molecule has 1 aliphatic carbocycles. The maximum atomic E-state index is 9.97. The Kier molecular flexibility index (Phi) is 5.15. The second kappa shape index (κ2) is 6.17. The van der Waals surface area contributed by atoms with Crippen molar-refractivity contribution in [2.45, 2.75) is 19.3 Å². The second-order valence-electron chi connectivity index (χ2n) is 3.20. The zero-order chi connectivity index (χ0) is 10.4. The molecule has 2 nitrogen and oxygen atoms in total. The monoisotopic (exact) mass is 231 g/mol. The van der Waals surface area contributed by atoms with Gasteiger partial charge >= 0.3 is 0 Å². The minimum Gasteiger partial charge on any atom is -0.330 e. The van der Waals surface area contributed by atoms with Crippen LogP contribution in [0.4, 0.5) is 0 Å². The first-order valence-corrected chi connectivity index (χ1v) is 5.91. The summed E-state index contributed by atoms with van der Waals surface area (Å²) in [6.45, 7) is 0.764. The van der Waals surface area contributed by atoms with Gasteiger partial charge in [-0.15, -0.1) is 11.3 Å². The highest BCUT2D eigenvalue weighted by atomic mass is 35.5.